The molecule has 0 atom stereocenters. The summed E-state index contributed by atoms with van der Waals surface area (Å²) >= 11 is 0. The second-order valence-corrected chi connectivity index (χ2v) is 11.1. The van der Waals surface area contributed by atoms with Gasteiger partial charge in [0.1, 0.15) is 5.75 Å². The number of benzene rings is 2. The zero-order valence-electron chi connectivity index (χ0n) is 20.7. The van der Waals surface area contributed by atoms with Gasteiger partial charge in [-0.05, 0) is 109 Å². The normalized spacial score (nSPS) is 26.0. The van der Waals surface area contributed by atoms with Crippen LogP contribution >= 0.6 is 0 Å². The zero-order chi connectivity index (χ0) is 25.3. The largest absolute Gasteiger partial charge is 0.494 e. The first-order valence-electron chi connectivity index (χ1n) is 13.1. The minimum absolute atomic E-state index is 0.100. The van der Waals surface area contributed by atoms with Crippen LogP contribution in [-0.2, 0) is 15.0 Å². The van der Waals surface area contributed by atoms with Crippen molar-refractivity contribution in [3.05, 3.63) is 60.2 Å². The van der Waals surface area contributed by atoms with Crippen LogP contribution in [0.3, 0.4) is 0 Å². The van der Waals surface area contributed by atoms with E-state index in [1.165, 1.54) is 49.7 Å². The summed E-state index contributed by atoms with van der Waals surface area (Å²) in [5.74, 6) is 1.91. The first-order chi connectivity index (χ1) is 17.4. The van der Waals surface area contributed by atoms with Crippen LogP contribution in [-0.4, -0.2) is 28.8 Å². The molecule has 2 aromatic carbocycles. The summed E-state index contributed by atoms with van der Waals surface area (Å²) in [4.78, 5) is 22.6. The third-order valence-electron chi connectivity index (χ3n) is 8.59. The van der Waals surface area contributed by atoms with Gasteiger partial charge in [-0.2, -0.15) is 0 Å². The number of amides is 1. The van der Waals surface area contributed by atoms with E-state index in [-0.39, 0.29) is 23.3 Å². The van der Waals surface area contributed by atoms with Crippen molar-refractivity contribution in [3.8, 4) is 16.9 Å². The van der Waals surface area contributed by atoms with E-state index in [4.69, 9.17) is 9.94 Å². The van der Waals surface area contributed by atoms with Gasteiger partial charge in [-0.15, -0.1) is 0 Å². The number of rotatable bonds is 10. The molecule has 4 aliphatic carbocycles. The Labute approximate surface area is 212 Å². The smallest absolute Gasteiger partial charge is 0.335 e. The number of unbranched alkanes of at least 4 members (excludes halogenated alkanes) is 1. The SMILES string of the molecule is C=C(C(=O)O)c1ccc(-c2ccc(OCCCCC(=O)NO)cc2C23CC4CC(CC(C4)C2)C3)cc1. The van der Waals surface area contributed by atoms with Crippen LogP contribution in [0.5, 0.6) is 5.75 Å². The molecule has 0 radical (unpaired) electrons. The number of ether oxygens (including phenoxy) is 1. The summed E-state index contributed by atoms with van der Waals surface area (Å²) < 4.78 is 6.12. The lowest BCUT2D eigenvalue weighted by Crippen LogP contribution is -2.48. The highest BCUT2D eigenvalue weighted by Gasteiger charge is 2.52. The van der Waals surface area contributed by atoms with Gasteiger partial charge in [-0.25, -0.2) is 10.3 Å². The number of nitrogens with one attached hydrogen (secondary N) is 1. The monoisotopic (exact) mass is 489 g/mol. The Hall–Kier alpha value is -3.12. The van der Waals surface area contributed by atoms with Gasteiger partial charge in [-0.1, -0.05) is 36.9 Å². The van der Waals surface area contributed by atoms with Crippen LogP contribution in [0.25, 0.3) is 16.7 Å². The summed E-state index contributed by atoms with van der Waals surface area (Å²) in [5.41, 5.74) is 6.22. The molecule has 6 heteroatoms. The highest BCUT2D eigenvalue weighted by Crippen LogP contribution is 2.62. The second kappa shape index (κ2) is 10.1. The van der Waals surface area contributed by atoms with Crippen LogP contribution in [0.15, 0.2) is 49.0 Å². The first kappa shape index (κ1) is 24.6. The summed E-state index contributed by atoms with van der Waals surface area (Å²) in [7, 11) is 0. The van der Waals surface area contributed by atoms with Crippen molar-refractivity contribution in [2.24, 2.45) is 17.8 Å². The molecule has 0 unspecified atom stereocenters. The van der Waals surface area contributed by atoms with Crippen LogP contribution in [0.1, 0.15) is 68.9 Å². The van der Waals surface area contributed by atoms with E-state index >= 15 is 0 Å². The van der Waals surface area contributed by atoms with Gasteiger partial charge < -0.3 is 9.84 Å². The molecule has 4 saturated carbocycles. The van der Waals surface area contributed by atoms with Crippen LogP contribution in [0, 0.1) is 17.8 Å². The van der Waals surface area contributed by atoms with Crippen molar-refractivity contribution in [2.45, 2.75) is 63.2 Å². The van der Waals surface area contributed by atoms with Gasteiger partial charge >= 0.3 is 5.97 Å². The Morgan fingerprint density at radius 1 is 0.972 bits per heavy atom. The topological polar surface area (TPSA) is 95.9 Å². The predicted molar refractivity (Wildman–Crippen MR) is 138 cm³/mol. The first-order valence-corrected chi connectivity index (χ1v) is 13.1. The molecule has 36 heavy (non-hydrogen) atoms. The number of hydrogen-bond donors (Lipinski definition) is 3. The van der Waals surface area contributed by atoms with E-state index in [2.05, 4.69) is 18.7 Å². The van der Waals surface area contributed by atoms with Crippen molar-refractivity contribution in [3.63, 3.8) is 0 Å². The fourth-order valence-corrected chi connectivity index (χ4v) is 7.35. The van der Waals surface area contributed by atoms with Crippen molar-refractivity contribution in [2.75, 3.05) is 6.61 Å². The molecule has 2 aromatic rings. The number of hydrogen-bond acceptors (Lipinski definition) is 4. The van der Waals surface area contributed by atoms with Gasteiger partial charge in [0.2, 0.25) is 5.91 Å². The average Bonchev–Trinajstić information content (AvgIpc) is 2.87. The molecule has 190 valence electrons. The number of carbonyl (C=O) groups excluding carboxylic acids is 1. The quantitative estimate of drug-likeness (QED) is 0.165. The lowest BCUT2D eigenvalue weighted by Gasteiger charge is -2.57. The molecule has 0 saturated heterocycles. The van der Waals surface area contributed by atoms with E-state index in [1.807, 2.05) is 30.3 Å². The van der Waals surface area contributed by atoms with E-state index in [1.54, 1.807) is 5.48 Å². The second-order valence-electron chi connectivity index (χ2n) is 11.1. The van der Waals surface area contributed by atoms with E-state index in [9.17, 15) is 14.7 Å². The van der Waals surface area contributed by atoms with Crippen molar-refractivity contribution >= 4 is 17.4 Å². The van der Waals surface area contributed by atoms with Crippen molar-refractivity contribution in [1.82, 2.24) is 5.48 Å². The average molecular weight is 490 g/mol. The van der Waals surface area contributed by atoms with Crippen LogP contribution < -0.4 is 10.2 Å². The molecule has 0 aromatic heterocycles. The van der Waals surface area contributed by atoms with Gasteiger partial charge in [0.25, 0.3) is 0 Å². The number of carboxylic acid groups (broad SMARTS) is 1. The maximum atomic E-state index is 11.3. The molecule has 6 rings (SSSR count). The molecule has 0 aliphatic heterocycles. The summed E-state index contributed by atoms with van der Waals surface area (Å²) in [5, 5.41) is 17.9. The number of carboxylic acids is 1. The minimum atomic E-state index is -1.00. The molecule has 4 bridgehead atoms. The van der Waals surface area contributed by atoms with Crippen LogP contribution in [0.2, 0.25) is 0 Å². The standard InChI is InChI=1S/C30H35NO5/c1-19(29(33)34)23-5-7-24(8-6-23)26-10-9-25(36-11-3-2-4-28(32)31-35)15-27(26)30-16-20-12-21(17-30)14-22(13-20)18-30/h5-10,15,20-22,35H,1-4,11-14,16-18H2,(H,31,32)(H,33,34). The predicted octanol–water partition coefficient (Wildman–Crippen LogP) is 5.97. The maximum absolute atomic E-state index is 11.3. The molecule has 3 N–H and O–H groups in total. The molecule has 4 aliphatic rings. The number of carbonyl (C=O) groups is 2. The Morgan fingerprint density at radius 2 is 1.61 bits per heavy atom. The molecule has 0 spiro atoms. The van der Waals surface area contributed by atoms with E-state index < -0.39 is 5.97 Å². The van der Waals surface area contributed by atoms with E-state index in [0.717, 1.165) is 35.5 Å². The van der Waals surface area contributed by atoms with Crippen molar-refractivity contribution < 1.29 is 24.6 Å². The molecule has 6 nitrogen and oxygen atoms in total. The zero-order valence-corrected chi connectivity index (χ0v) is 20.7. The summed E-state index contributed by atoms with van der Waals surface area (Å²) in [6.07, 6.45) is 9.49. The molecular weight excluding hydrogens is 454 g/mol. The van der Waals surface area contributed by atoms with E-state index in [0.29, 0.717) is 18.6 Å². The maximum Gasteiger partial charge on any atom is 0.335 e. The Balaban J connectivity index is 1.42. The fraction of sp³-hybridized carbons (Fsp3) is 0.467. The molecule has 4 fully saturated rings. The Bertz CT molecular complexity index is 1120. The Kier molecular flexibility index (Phi) is 6.89. The lowest BCUT2D eigenvalue weighted by molar-refractivity contribution is -0.130. The van der Waals surface area contributed by atoms with Gasteiger partial charge in [-0.3, -0.25) is 10.0 Å². The minimum Gasteiger partial charge on any atom is -0.494 e. The highest BCUT2D eigenvalue weighted by molar-refractivity contribution is 6.14. The van der Waals surface area contributed by atoms with Gasteiger partial charge in [0, 0.05) is 6.42 Å². The summed E-state index contributed by atoms with van der Waals surface area (Å²) in [6, 6.07) is 14.1. The molecule has 0 heterocycles. The number of hydroxylamine groups is 1. The third-order valence-corrected chi connectivity index (χ3v) is 8.59. The number of aliphatic carboxylic acids is 1. The van der Waals surface area contributed by atoms with Gasteiger partial charge in [0.05, 0.1) is 12.2 Å². The van der Waals surface area contributed by atoms with Gasteiger partial charge in [0.15, 0.2) is 0 Å². The molecule has 1 amide bonds. The third kappa shape index (κ3) is 4.92. The fourth-order valence-electron chi connectivity index (χ4n) is 7.35. The summed E-state index contributed by atoms with van der Waals surface area (Å²) in [6.45, 7) is 4.21. The van der Waals surface area contributed by atoms with Crippen molar-refractivity contribution in [1.29, 1.82) is 0 Å². The highest BCUT2D eigenvalue weighted by atomic mass is 16.5. The lowest BCUT2D eigenvalue weighted by atomic mass is 9.47. The Morgan fingerprint density at radius 3 is 2.19 bits per heavy atom. The molecular formula is C30H35NO5. The van der Waals surface area contributed by atoms with Crippen LogP contribution in [0.4, 0.5) is 0 Å².